The minimum absolute atomic E-state index is 0.205. The van der Waals surface area contributed by atoms with Gasteiger partial charge in [-0.15, -0.1) is 0 Å². The first-order chi connectivity index (χ1) is 13.6. The van der Waals surface area contributed by atoms with E-state index < -0.39 is 0 Å². The molecule has 4 rings (SSSR count). The van der Waals surface area contributed by atoms with E-state index in [-0.39, 0.29) is 11.1 Å². The van der Waals surface area contributed by atoms with Gasteiger partial charge in [0.05, 0.1) is 33.6 Å². The topological polar surface area (TPSA) is 55.2 Å². The molecule has 0 radical (unpaired) electrons. The number of aryl methyl sites for hydroxylation is 2. The third kappa shape index (κ3) is 4.14. The second-order valence-electron chi connectivity index (χ2n) is 9.26. The standard InChI is InChI=1S/C24H29N3O2/c1-15-7-9-19(17(11-15)21-26-23(3,4)13-28-21)25-20-10-8-16(2)12-18(20)22-27-24(5,6)14-29-22/h7-12,25H,13-14H2,1-6H3. The summed E-state index contributed by atoms with van der Waals surface area (Å²) in [5, 5.41) is 3.58. The summed E-state index contributed by atoms with van der Waals surface area (Å²) in [6, 6.07) is 12.6. The van der Waals surface area contributed by atoms with E-state index in [0.717, 1.165) is 33.6 Å². The van der Waals surface area contributed by atoms with Crippen LogP contribution in [0, 0.1) is 13.8 Å². The zero-order chi connectivity index (χ0) is 20.8. The van der Waals surface area contributed by atoms with Gasteiger partial charge in [-0.2, -0.15) is 0 Å². The number of nitrogens with one attached hydrogen (secondary N) is 1. The Morgan fingerprint density at radius 1 is 0.724 bits per heavy atom. The first-order valence-electron chi connectivity index (χ1n) is 10.1. The van der Waals surface area contributed by atoms with Crippen molar-refractivity contribution in [2.75, 3.05) is 18.5 Å². The lowest BCUT2D eigenvalue weighted by Gasteiger charge is -2.16. The van der Waals surface area contributed by atoms with Crippen LogP contribution in [-0.4, -0.2) is 36.1 Å². The van der Waals surface area contributed by atoms with Crippen LogP contribution >= 0.6 is 0 Å². The van der Waals surface area contributed by atoms with Crippen molar-refractivity contribution in [2.24, 2.45) is 9.98 Å². The van der Waals surface area contributed by atoms with E-state index in [9.17, 15) is 0 Å². The summed E-state index contributed by atoms with van der Waals surface area (Å²) in [4.78, 5) is 9.55. The zero-order valence-corrected chi connectivity index (χ0v) is 18.1. The Kier molecular flexibility index (Phi) is 4.64. The van der Waals surface area contributed by atoms with Crippen LogP contribution in [-0.2, 0) is 9.47 Å². The van der Waals surface area contributed by atoms with Gasteiger partial charge in [-0.05, 0) is 65.8 Å². The molecule has 152 valence electrons. The van der Waals surface area contributed by atoms with E-state index in [2.05, 4.69) is 83.3 Å². The summed E-state index contributed by atoms with van der Waals surface area (Å²) in [5.74, 6) is 1.37. The van der Waals surface area contributed by atoms with E-state index in [1.54, 1.807) is 0 Å². The fourth-order valence-electron chi connectivity index (χ4n) is 3.48. The maximum absolute atomic E-state index is 5.93. The molecule has 2 aliphatic heterocycles. The van der Waals surface area contributed by atoms with E-state index in [1.165, 1.54) is 0 Å². The summed E-state index contributed by atoms with van der Waals surface area (Å²) in [6.45, 7) is 13.7. The van der Waals surface area contributed by atoms with Crippen LogP contribution in [0.5, 0.6) is 0 Å². The first kappa shape index (κ1) is 19.5. The second-order valence-corrected chi connectivity index (χ2v) is 9.26. The normalized spacial score (nSPS) is 19.2. The van der Waals surface area contributed by atoms with Gasteiger partial charge in [-0.1, -0.05) is 23.3 Å². The molecule has 1 N–H and O–H groups in total. The van der Waals surface area contributed by atoms with Crippen molar-refractivity contribution in [2.45, 2.75) is 52.6 Å². The van der Waals surface area contributed by atoms with Gasteiger partial charge in [-0.3, -0.25) is 0 Å². The van der Waals surface area contributed by atoms with Gasteiger partial charge >= 0.3 is 0 Å². The molecule has 0 spiro atoms. The van der Waals surface area contributed by atoms with Crippen LogP contribution < -0.4 is 5.32 Å². The van der Waals surface area contributed by atoms with Gasteiger partial charge in [0.25, 0.3) is 0 Å². The van der Waals surface area contributed by atoms with Gasteiger partial charge in [0.1, 0.15) is 13.2 Å². The number of hydrogen-bond donors (Lipinski definition) is 1. The highest BCUT2D eigenvalue weighted by molar-refractivity contribution is 6.04. The van der Waals surface area contributed by atoms with Crippen LogP contribution in [0.4, 0.5) is 11.4 Å². The Bertz CT molecular complexity index is 937. The highest BCUT2D eigenvalue weighted by atomic mass is 16.5. The molecular weight excluding hydrogens is 362 g/mol. The summed E-state index contributed by atoms with van der Waals surface area (Å²) < 4.78 is 11.9. The van der Waals surface area contributed by atoms with Crippen LogP contribution in [0.15, 0.2) is 46.4 Å². The van der Waals surface area contributed by atoms with Crippen molar-refractivity contribution in [1.82, 2.24) is 0 Å². The predicted octanol–water partition coefficient (Wildman–Crippen LogP) is 5.16. The number of benzene rings is 2. The van der Waals surface area contributed by atoms with Gasteiger partial charge in [0, 0.05) is 0 Å². The minimum atomic E-state index is -0.205. The first-order valence-corrected chi connectivity index (χ1v) is 10.1. The molecule has 2 heterocycles. The van der Waals surface area contributed by atoms with Crippen molar-refractivity contribution in [3.8, 4) is 0 Å². The lowest BCUT2D eigenvalue weighted by atomic mass is 10.1. The van der Waals surface area contributed by atoms with Crippen LogP contribution in [0.25, 0.3) is 0 Å². The number of ether oxygens (including phenoxy) is 2. The molecule has 0 atom stereocenters. The molecule has 0 fully saturated rings. The summed E-state index contributed by atoms with van der Waals surface area (Å²) in [6.07, 6.45) is 0. The molecule has 2 aliphatic rings. The molecule has 5 heteroatoms. The van der Waals surface area contributed by atoms with E-state index in [1.807, 2.05) is 0 Å². The zero-order valence-electron chi connectivity index (χ0n) is 18.1. The fraction of sp³-hybridized carbons (Fsp3) is 0.417. The molecule has 2 aromatic carbocycles. The van der Waals surface area contributed by atoms with Gasteiger partial charge in [-0.25, -0.2) is 9.98 Å². The van der Waals surface area contributed by atoms with E-state index in [0.29, 0.717) is 25.0 Å². The highest BCUT2D eigenvalue weighted by Crippen LogP contribution is 2.31. The van der Waals surface area contributed by atoms with Crippen molar-refractivity contribution >= 4 is 23.2 Å². The third-order valence-electron chi connectivity index (χ3n) is 5.01. The van der Waals surface area contributed by atoms with Gasteiger partial charge < -0.3 is 14.8 Å². The monoisotopic (exact) mass is 391 g/mol. The Hall–Kier alpha value is -2.82. The second kappa shape index (κ2) is 6.90. The molecule has 0 saturated carbocycles. The summed E-state index contributed by atoms with van der Waals surface area (Å²) in [7, 11) is 0. The van der Waals surface area contributed by atoms with E-state index in [4.69, 9.17) is 19.5 Å². The Labute approximate surface area is 172 Å². The molecular formula is C24H29N3O2. The molecule has 0 amide bonds. The number of nitrogens with zero attached hydrogens (tertiary/aromatic N) is 2. The minimum Gasteiger partial charge on any atom is -0.475 e. The fourth-order valence-corrected chi connectivity index (χ4v) is 3.48. The SMILES string of the molecule is Cc1ccc(Nc2ccc(C)cc2C2=NC(C)(C)CO2)c(C2=NC(C)(C)CO2)c1. The number of rotatable bonds is 4. The number of aliphatic imine (C=N–C) groups is 2. The van der Waals surface area contributed by atoms with Crippen LogP contribution in [0.3, 0.4) is 0 Å². The summed E-state index contributed by atoms with van der Waals surface area (Å²) in [5.41, 5.74) is 5.76. The maximum atomic E-state index is 5.93. The van der Waals surface area contributed by atoms with Crippen molar-refractivity contribution in [3.63, 3.8) is 0 Å². The molecule has 5 nitrogen and oxygen atoms in total. The average molecular weight is 392 g/mol. The lowest BCUT2D eigenvalue weighted by Crippen LogP contribution is -2.17. The van der Waals surface area contributed by atoms with E-state index >= 15 is 0 Å². The van der Waals surface area contributed by atoms with Crippen molar-refractivity contribution in [1.29, 1.82) is 0 Å². The highest BCUT2D eigenvalue weighted by Gasteiger charge is 2.30. The molecule has 0 aromatic heterocycles. The Morgan fingerprint density at radius 3 is 1.48 bits per heavy atom. The van der Waals surface area contributed by atoms with Gasteiger partial charge in [0.2, 0.25) is 11.8 Å². The van der Waals surface area contributed by atoms with Crippen LogP contribution in [0.1, 0.15) is 49.9 Å². The number of hydrogen-bond acceptors (Lipinski definition) is 5. The maximum Gasteiger partial charge on any atom is 0.218 e. The third-order valence-corrected chi connectivity index (χ3v) is 5.01. The van der Waals surface area contributed by atoms with Crippen molar-refractivity contribution in [3.05, 3.63) is 58.7 Å². The molecule has 29 heavy (non-hydrogen) atoms. The predicted molar refractivity (Wildman–Crippen MR) is 119 cm³/mol. The van der Waals surface area contributed by atoms with Gasteiger partial charge in [0.15, 0.2) is 0 Å². The lowest BCUT2D eigenvalue weighted by molar-refractivity contribution is 0.279. The number of anilines is 2. The molecule has 0 aliphatic carbocycles. The Balaban J connectivity index is 1.75. The molecule has 2 aromatic rings. The Morgan fingerprint density at radius 2 is 1.14 bits per heavy atom. The van der Waals surface area contributed by atoms with Crippen LogP contribution in [0.2, 0.25) is 0 Å². The quantitative estimate of drug-likeness (QED) is 0.783. The molecule has 0 unspecified atom stereocenters. The largest absolute Gasteiger partial charge is 0.475 e. The summed E-state index contributed by atoms with van der Waals surface area (Å²) >= 11 is 0. The smallest absolute Gasteiger partial charge is 0.218 e. The van der Waals surface area contributed by atoms with Crippen molar-refractivity contribution < 1.29 is 9.47 Å². The average Bonchev–Trinajstić information content (AvgIpc) is 3.19. The molecule has 0 saturated heterocycles. The molecule has 0 bridgehead atoms.